The first-order chi connectivity index (χ1) is 9.02. The maximum absolute atomic E-state index is 13.1. The molecule has 1 aromatic heterocycles. The summed E-state index contributed by atoms with van der Waals surface area (Å²) >= 11 is 3.20. The standard InChI is InChI=1S/C12H16BrF2N3O/c13-8-17-11-10(2-1-5-18(11)16)19-7-9-3-4-12(14,15)6-9/h1-2,5,9H,3-4,6-8,16H2. The lowest BCUT2D eigenvalue weighted by Gasteiger charge is -2.13. The van der Waals surface area contributed by atoms with Crippen LogP contribution in [0.4, 0.5) is 8.78 Å². The molecule has 4 nitrogen and oxygen atoms in total. The van der Waals surface area contributed by atoms with E-state index in [9.17, 15) is 8.78 Å². The number of alkyl halides is 3. The quantitative estimate of drug-likeness (QED) is 0.521. The van der Waals surface area contributed by atoms with Gasteiger partial charge in [0.25, 0.3) is 0 Å². The smallest absolute Gasteiger partial charge is 0.248 e. The minimum Gasteiger partial charge on any atom is -0.489 e. The van der Waals surface area contributed by atoms with Gasteiger partial charge in [0, 0.05) is 19.0 Å². The van der Waals surface area contributed by atoms with Crippen LogP contribution in [0.5, 0.6) is 5.75 Å². The van der Waals surface area contributed by atoms with Gasteiger partial charge in [-0.25, -0.2) is 13.5 Å². The molecule has 1 fully saturated rings. The van der Waals surface area contributed by atoms with Crippen LogP contribution in [0.25, 0.3) is 0 Å². The average Bonchev–Trinajstić information content (AvgIpc) is 2.70. The fraction of sp³-hybridized carbons (Fsp3) is 0.583. The van der Waals surface area contributed by atoms with Crippen LogP contribution in [-0.2, 0) is 0 Å². The van der Waals surface area contributed by atoms with Crippen LogP contribution in [0, 0.1) is 5.92 Å². The number of hydrogen-bond donors (Lipinski definition) is 1. The number of halogens is 3. The Morgan fingerprint density at radius 1 is 1.58 bits per heavy atom. The lowest BCUT2D eigenvalue weighted by Crippen LogP contribution is -2.29. The van der Waals surface area contributed by atoms with Gasteiger partial charge < -0.3 is 10.6 Å². The molecule has 1 aliphatic rings. The van der Waals surface area contributed by atoms with E-state index in [2.05, 4.69) is 20.9 Å². The fourth-order valence-corrected chi connectivity index (χ4v) is 2.45. The topological polar surface area (TPSA) is 52.5 Å². The summed E-state index contributed by atoms with van der Waals surface area (Å²) in [6, 6.07) is 3.46. The van der Waals surface area contributed by atoms with Crippen molar-refractivity contribution in [3.05, 3.63) is 23.8 Å². The summed E-state index contributed by atoms with van der Waals surface area (Å²) in [5.74, 6) is 3.60. The van der Waals surface area contributed by atoms with Crippen LogP contribution in [-0.4, -0.2) is 22.7 Å². The van der Waals surface area contributed by atoms with E-state index in [-0.39, 0.29) is 25.4 Å². The van der Waals surface area contributed by atoms with Crippen molar-refractivity contribution >= 4 is 15.9 Å². The van der Waals surface area contributed by atoms with Crippen LogP contribution in [0.2, 0.25) is 0 Å². The predicted octanol–water partition coefficient (Wildman–Crippen LogP) is 2.27. The van der Waals surface area contributed by atoms with Gasteiger partial charge in [0.1, 0.15) is 0 Å². The molecule has 7 heteroatoms. The van der Waals surface area contributed by atoms with Crippen LogP contribution in [0.1, 0.15) is 19.3 Å². The molecule has 0 aromatic carbocycles. The van der Waals surface area contributed by atoms with Gasteiger partial charge in [-0.3, -0.25) is 4.99 Å². The minimum absolute atomic E-state index is 0.0503. The summed E-state index contributed by atoms with van der Waals surface area (Å²) < 4.78 is 33.1. The number of nitrogens with zero attached hydrogens (tertiary/aromatic N) is 2. The molecule has 0 bridgehead atoms. The molecule has 2 rings (SSSR count). The van der Waals surface area contributed by atoms with Crippen molar-refractivity contribution in [2.45, 2.75) is 25.2 Å². The van der Waals surface area contributed by atoms with E-state index in [0.29, 0.717) is 23.1 Å². The van der Waals surface area contributed by atoms with Crippen molar-refractivity contribution < 1.29 is 13.5 Å². The number of aromatic nitrogens is 1. The van der Waals surface area contributed by atoms with Gasteiger partial charge >= 0.3 is 0 Å². The molecule has 1 aromatic rings. The number of rotatable bonds is 4. The highest BCUT2D eigenvalue weighted by molar-refractivity contribution is 9.09. The summed E-state index contributed by atoms with van der Waals surface area (Å²) in [5, 5.41) is 0. The van der Waals surface area contributed by atoms with E-state index >= 15 is 0 Å². The maximum atomic E-state index is 13.1. The Labute approximate surface area is 118 Å². The summed E-state index contributed by atoms with van der Waals surface area (Å²) in [6.45, 7) is 0.268. The minimum atomic E-state index is -2.54. The third kappa shape index (κ3) is 3.68. The molecular weight excluding hydrogens is 320 g/mol. The Kier molecular flexibility index (Phi) is 4.44. The van der Waals surface area contributed by atoms with E-state index in [4.69, 9.17) is 10.6 Å². The summed E-state index contributed by atoms with van der Waals surface area (Å²) in [7, 11) is 0. The van der Waals surface area contributed by atoms with E-state index in [1.807, 2.05) is 0 Å². The van der Waals surface area contributed by atoms with Crippen molar-refractivity contribution in [3.63, 3.8) is 0 Å². The molecule has 1 heterocycles. The molecule has 0 radical (unpaired) electrons. The van der Waals surface area contributed by atoms with E-state index < -0.39 is 5.92 Å². The Hall–Kier alpha value is -1.11. The maximum Gasteiger partial charge on any atom is 0.248 e. The highest BCUT2D eigenvalue weighted by Crippen LogP contribution is 2.38. The van der Waals surface area contributed by atoms with Crippen LogP contribution < -0.4 is 16.1 Å². The molecule has 106 valence electrons. The van der Waals surface area contributed by atoms with Gasteiger partial charge in [-0.05, 0) is 24.5 Å². The van der Waals surface area contributed by atoms with E-state index in [1.54, 1.807) is 18.3 Å². The Morgan fingerprint density at radius 3 is 3.00 bits per heavy atom. The SMILES string of the molecule is Nn1cccc(OCC2CCC(F)(F)C2)c1=NCBr. The lowest BCUT2D eigenvalue weighted by molar-refractivity contribution is 0.00288. The molecule has 1 unspecified atom stereocenters. The summed E-state index contributed by atoms with van der Waals surface area (Å²) in [5.41, 5.74) is 0.885. The fourth-order valence-electron chi connectivity index (χ4n) is 2.22. The van der Waals surface area contributed by atoms with Gasteiger partial charge in [-0.2, -0.15) is 0 Å². The monoisotopic (exact) mass is 335 g/mol. The number of ether oxygens (including phenoxy) is 1. The van der Waals surface area contributed by atoms with Gasteiger partial charge in [-0.15, -0.1) is 0 Å². The van der Waals surface area contributed by atoms with Crippen LogP contribution in [0.3, 0.4) is 0 Å². The van der Waals surface area contributed by atoms with Crippen LogP contribution in [0.15, 0.2) is 23.3 Å². The largest absolute Gasteiger partial charge is 0.489 e. The first-order valence-electron chi connectivity index (χ1n) is 6.06. The average molecular weight is 336 g/mol. The highest BCUT2D eigenvalue weighted by Gasteiger charge is 2.39. The van der Waals surface area contributed by atoms with Crippen molar-refractivity contribution in [3.8, 4) is 5.75 Å². The van der Waals surface area contributed by atoms with Crippen molar-refractivity contribution in [2.24, 2.45) is 10.9 Å². The molecule has 0 amide bonds. The van der Waals surface area contributed by atoms with Gasteiger partial charge in [0.2, 0.25) is 5.92 Å². The number of nitrogen functional groups attached to an aromatic ring is 1. The molecule has 0 spiro atoms. The Morgan fingerprint density at radius 2 is 2.37 bits per heavy atom. The molecule has 0 saturated heterocycles. The molecule has 1 atom stereocenters. The molecule has 2 N–H and O–H groups in total. The highest BCUT2D eigenvalue weighted by atomic mass is 79.9. The normalized spacial score (nSPS) is 22.7. The van der Waals surface area contributed by atoms with Crippen molar-refractivity contribution in [1.82, 2.24) is 4.68 Å². The second-order valence-electron chi connectivity index (χ2n) is 4.66. The summed E-state index contributed by atoms with van der Waals surface area (Å²) in [4.78, 5) is 4.16. The first kappa shape index (κ1) is 14.3. The Bertz CT molecular complexity index is 504. The molecular formula is C12H16BrF2N3O. The van der Waals surface area contributed by atoms with E-state index in [1.165, 1.54) is 4.68 Å². The zero-order chi connectivity index (χ0) is 13.9. The third-order valence-corrected chi connectivity index (χ3v) is 3.40. The predicted molar refractivity (Wildman–Crippen MR) is 71.7 cm³/mol. The zero-order valence-electron chi connectivity index (χ0n) is 10.4. The third-order valence-electron chi connectivity index (χ3n) is 3.15. The molecule has 19 heavy (non-hydrogen) atoms. The van der Waals surface area contributed by atoms with Gasteiger partial charge in [-0.1, -0.05) is 15.9 Å². The number of pyridine rings is 1. The second kappa shape index (κ2) is 5.90. The van der Waals surface area contributed by atoms with Crippen molar-refractivity contribution in [1.29, 1.82) is 0 Å². The number of nitrogens with two attached hydrogens (primary N) is 1. The molecule has 0 aliphatic heterocycles. The summed E-state index contributed by atoms with van der Waals surface area (Å²) in [6.07, 6.45) is 1.99. The van der Waals surface area contributed by atoms with E-state index in [0.717, 1.165) is 0 Å². The number of hydrogen-bond acceptors (Lipinski definition) is 3. The van der Waals surface area contributed by atoms with Crippen LogP contribution >= 0.6 is 15.9 Å². The first-order valence-corrected chi connectivity index (χ1v) is 7.18. The van der Waals surface area contributed by atoms with Gasteiger partial charge in [0.15, 0.2) is 11.2 Å². The van der Waals surface area contributed by atoms with Crippen molar-refractivity contribution in [2.75, 3.05) is 17.9 Å². The molecule has 1 aliphatic carbocycles. The Balaban J connectivity index is 2.05. The zero-order valence-corrected chi connectivity index (χ0v) is 11.9. The lowest BCUT2D eigenvalue weighted by atomic mass is 10.1. The second-order valence-corrected chi connectivity index (χ2v) is 5.16. The van der Waals surface area contributed by atoms with Gasteiger partial charge in [0.05, 0.1) is 12.1 Å². The molecule has 1 saturated carbocycles.